The number of hydrogen-bond acceptors (Lipinski definition) is 3. The summed E-state index contributed by atoms with van der Waals surface area (Å²) in [6.45, 7) is 1.69. The molecule has 1 atom stereocenters. The van der Waals surface area contributed by atoms with Crippen LogP contribution in [0.15, 0.2) is 34.9 Å². The molecule has 0 aliphatic carbocycles. The zero-order chi connectivity index (χ0) is 15.4. The van der Waals surface area contributed by atoms with E-state index in [1.807, 2.05) is 12.1 Å². The minimum Gasteiger partial charge on any atom is -0.480 e. The summed E-state index contributed by atoms with van der Waals surface area (Å²) in [7, 11) is 0. The van der Waals surface area contributed by atoms with Gasteiger partial charge in [0.25, 0.3) is 0 Å². The first-order chi connectivity index (χ1) is 10.0. The maximum atomic E-state index is 11.9. The lowest BCUT2D eigenvalue weighted by molar-refractivity contribution is -0.139. The number of carbonyl (C=O) groups excluding carboxylic acids is 1. The molecule has 1 aromatic carbocycles. The number of para-hydroxylation sites is 1. The van der Waals surface area contributed by atoms with Gasteiger partial charge < -0.3 is 15.7 Å². The number of carbonyl (C=O) groups is 2. The highest BCUT2D eigenvalue weighted by Gasteiger charge is 2.17. The lowest BCUT2D eigenvalue weighted by Crippen LogP contribution is -2.42. The highest BCUT2D eigenvalue weighted by Crippen LogP contribution is 2.23. The molecule has 0 aliphatic heterocycles. The molecule has 0 unspecified atom stereocenters. The Balaban J connectivity index is 2.20. The monoisotopic (exact) mass is 351 g/mol. The van der Waals surface area contributed by atoms with Crippen LogP contribution in [0.4, 0.5) is 10.5 Å². The van der Waals surface area contributed by atoms with Crippen LogP contribution < -0.4 is 10.6 Å². The number of carboxylic acids is 1. The summed E-state index contributed by atoms with van der Waals surface area (Å²) in [6.07, 6.45) is 1.95. The number of carboxylic acid groups (broad SMARTS) is 1. The SMILES string of the molecule is CC[C@H](NC(=O)Nc1cccc2cc(Br)cnc12)C(=O)O. The molecule has 0 radical (unpaired) electrons. The summed E-state index contributed by atoms with van der Waals surface area (Å²) in [4.78, 5) is 27.0. The van der Waals surface area contributed by atoms with E-state index in [1.165, 1.54) is 0 Å². The van der Waals surface area contributed by atoms with Crippen LogP contribution in [-0.2, 0) is 4.79 Å². The molecule has 0 bridgehead atoms. The van der Waals surface area contributed by atoms with E-state index < -0.39 is 18.0 Å². The summed E-state index contributed by atoms with van der Waals surface area (Å²) < 4.78 is 0.841. The van der Waals surface area contributed by atoms with Gasteiger partial charge in [-0.05, 0) is 34.5 Å². The van der Waals surface area contributed by atoms with Crippen LogP contribution in [0, 0.1) is 0 Å². The molecule has 3 N–H and O–H groups in total. The fraction of sp³-hybridized carbons (Fsp3) is 0.214. The van der Waals surface area contributed by atoms with Crippen LogP contribution >= 0.6 is 15.9 Å². The van der Waals surface area contributed by atoms with E-state index >= 15 is 0 Å². The second-order valence-corrected chi connectivity index (χ2v) is 5.34. The van der Waals surface area contributed by atoms with Gasteiger partial charge in [-0.1, -0.05) is 19.1 Å². The van der Waals surface area contributed by atoms with Crippen molar-refractivity contribution in [2.24, 2.45) is 0 Å². The molecule has 2 amide bonds. The van der Waals surface area contributed by atoms with Crippen molar-refractivity contribution < 1.29 is 14.7 Å². The molecule has 110 valence electrons. The van der Waals surface area contributed by atoms with Crippen LogP contribution in [0.25, 0.3) is 10.9 Å². The lowest BCUT2D eigenvalue weighted by atomic mass is 10.2. The number of nitrogens with zero attached hydrogens (tertiary/aromatic N) is 1. The van der Waals surface area contributed by atoms with Crippen molar-refractivity contribution in [1.82, 2.24) is 10.3 Å². The Morgan fingerprint density at radius 3 is 2.86 bits per heavy atom. The fourth-order valence-electron chi connectivity index (χ4n) is 1.89. The molecule has 0 fully saturated rings. The van der Waals surface area contributed by atoms with Crippen molar-refractivity contribution in [2.75, 3.05) is 5.32 Å². The summed E-state index contributed by atoms with van der Waals surface area (Å²) >= 11 is 3.34. The lowest BCUT2D eigenvalue weighted by Gasteiger charge is -2.14. The largest absolute Gasteiger partial charge is 0.480 e. The number of amides is 2. The van der Waals surface area contributed by atoms with Crippen molar-refractivity contribution in [3.63, 3.8) is 0 Å². The quantitative estimate of drug-likeness (QED) is 0.789. The Bertz CT molecular complexity index is 690. The summed E-state index contributed by atoms with van der Waals surface area (Å²) in [5, 5.41) is 14.8. The average Bonchev–Trinajstić information content (AvgIpc) is 2.44. The smallest absolute Gasteiger partial charge is 0.326 e. The third-order valence-electron chi connectivity index (χ3n) is 2.94. The average molecular weight is 352 g/mol. The van der Waals surface area contributed by atoms with E-state index in [4.69, 9.17) is 5.11 Å². The van der Waals surface area contributed by atoms with E-state index in [-0.39, 0.29) is 0 Å². The Morgan fingerprint density at radius 1 is 1.43 bits per heavy atom. The number of benzene rings is 1. The molecule has 1 heterocycles. The van der Waals surface area contributed by atoms with E-state index in [1.54, 1.807) is 25.3 Å². The van der Waals surface area contributed by atoms with E-state index in [0.29, 0.717) is 17.6 Å². The molecule has 0 saturated heterocycles. The van der Waals surface area contributed by atoms with Crippen molar-refractivity contribution in [3.8, 4) is 0 Å². The van der Waals surface area contributed by atoms with Gasteiger partial charge in [-0.15, -0.1) is 0 Å². The molecule has 0 aliphatic rings. The predicted octanol–water partition coefficient (Wildman–Crippen LogP) is 2.98. The number of aliphatic carboxylic acids is 1. The number of pyridine rings is 1. The van der Waals surface area contributed by atoms with Gasteiger partial charge in [0.1, 0.15) is 6.04 Å². The van der Waals surface area contributed by atoms with Gasteiger partial charge in [-0.2, -0.15) is 0 Å². The Morgan fingerprint density at radius 2 is 2.19 bits per heavy atom. The first-order valence-corrected chi connectivity index (χ1v) is 7.15. The number of rotatable bonds is 4. The van der Waals surface area contributed by atoms with Gasteiger partial charge in [0, 0.05) is 16.1 Å². The number of nitrogens with one attached hydrogen (secondary N) is 2. The molecular weight excluding hydrogens is 338 g/mol. The molecule has 2 rings (SSSR count). The van der Waals surface area contributed by atoms with Gasteiger partial charge in [0.2, 0.25) is 0 Å². The van der Waals surface area contributed by atoms with Crippen LogP contribution in [-0.4, -0.2) is 28.1 Å². The third kappa shape index (κ3) is 3.69. The number of halogens is 1. The van der Waals surface area contributed by atoms with Gasteiger partial charge in [-0.25, -0.2) is 9.59 Å². The van der Waals surface area contributed by atoms with Crippen LogP contribution in [0.5, 0.6) is 0 Å². The molecule has 7 heteroatoms. The molecule has 0 spiro atoms. The summed E-state index contributed by atoms with van der Waals surface area (Å²) in [6, 6.07) is 5.79. The topological polar surface area (TPSA) is 91.3 Å². The Kier molecular flexibility index (Phi) is 4.74. The maximum Gasteiger partial charge on any atom is 0.326 e. The minimum absolute atomic E-state index is 0.309. The zero-order valence-corrected chi connectivity index (χ0v) is 12.8. The minimum atomic E-state index is -1.06. The number of anilines is 1. The van der Waals surface area contributed by atoms with Crippen LogP contribution in [0.1, 0.15) is 13.3 Å². The van der Waals surface area contributed by atoms with Crippen molar-refractivity contribution >= 4 is 44.5 Å². The first kappa shape index (κ1) is 15.2. The van der Waals surface area contributed by atoms with Crippen molar-refractivity contribution in [3.05, 3.63) is 34.9 Å². The van der Waals surface area contributed by atoms with Crippen molar-refractivity contribution in [2.45, 2.75) is 19.4 Å². The Hall–Kier alpha value is -2.15. The highest BCUT2D eigenvalue weighted by molar-refractivity contribution is 9.10. The fourth-order valence-corrected chi connectivity index (χ4v) is 2.24. The van der Waals surface area contributed by atoms with Crippen molar-refractivity contribution in [1.29, 1.82) is 0 Å². The number of fused-ring (bicyclic) bond motifs is 1. The first-order valence-electron chi connectivity index (χ1n) is 6.36. The molecule has 6 nitrogen and oxygen atoms in total. The molecule has 1 aromatic heterocycles. The van der Waals surface area contributed by atoms with Gasteiger partial charge in [-0.3, -0.25) is 4.98 Å². The second-order valence-electron chi connectivity index (χ2n) is 4.43. The predicted molar refractivity (Wildman–Crippen MR) is 83.3 cm³/mol. The van der Waals surface area contributed by atoms with Crippen LogP contribution in [0.2, 0.25) is 0 Å². The molecular formula is C14H14BrN3O3. The Labute approximate surface area is 129 Å². The van der Waals surface area contributed by atoms with E-state index in [9.17, 15) is 9.59 Å². The number of hydrogen-bond donors (Lipinski definition) is 3. The number of aromatic nitrogens is 1. The standard InChI is InChI=1S/C14H14BrN3O3/c1-2-10(13(19)20)17-14(21)18-11-5-3-4-8-6-9(15)7-16-12(8)11/h3-7,10H,2H2,1H3,(H,19,20)(H2,17,18,21)/t10-/m0/s1. The molecule has 0 saturated carbocycles. The number of urea groups is 1. The summed E-state index contributed by atoms with van der Waals surface area (Å²) in [5.41, 5.74) is 1.16. The zero-order valence-electron chi connectivity index (χ0n) is 11.3. The maximum absolute atomic E-state index is 11.9. The second kappa shape index (κ2) is 6.53. The highest BCUT2D eigenvalue weighted by atomic mass is 79.9. The summed E-state index contributed by atoms with van der Waals surface area (Å²) in [5.74, 6) is -1.06. The van der Waals surface area contributed by atoms with E-state index in [2.05, 4.69) is 31.5 Å². The molecule has 21 heavy (non-hydrogen) atoms. The van der Waals surface area contributed by atoms with Gasteiger partial charge in [0.05, 0.1) is 11.2 Å². The van der Waals surface area contributed by atoms with Gasteiger partial charge >= 0.3 is 12.0 Å². The molecule has 2 aromatic rings. The van der Waals surface area contributed by atoms with E-state index in [0.717, 1.165) is 9.86 Å². The van der Waals surface area contributed by atoms with Gasteiger partial charge in [0.15, 0.2) is 0 Å². The normalized spacial score (nSPS) is 11.9. The van der Waals surface area contributed by atoms with Crippen LogP contribution in [0.3, 0.4) is 0 Å². The third-order valence-corrected chi connectivity index (χ3v) is 3.37.